The van der Waals surface area contributed by atoms with E-state index < -0.39 is 0 Å². The van der Waals surface area contributed by atoms with E-state index in [1.54, 1.807) is 0 Å². The highest BCUT2D eigenvalue weighted by molar-refractivity contribution is 7.27. The number of fused-ring (bicyclic) bond motifs is 6. The van der Waals surface area contributed by atoms with Gasteiger partial charge in [-0.05, 0) is 52.1 Å². The Morgan fingerprint density at radius 2 is 0.875 bits per heavy atom. The normalized spacial score (nSPS) is 11.6. The van der Waals surface area contributed by atoms with Crippen LogP contribution in [0.3, 0.4) is 0 Å². The minimum atomic E-state index is 0.630. The summed E-state index contributed by atoms with van der Waals surface area (Å²) in [6, 6.07) is 65.5. The molecule has 5 heteroatoms. The smallest absolute Gasteiger partial charge is 0.164 e. The summed E-state index contributed by atoms with van der Waals surface area (Å²) in [5, 5.41) is 4.54. The molecule has 11 rings (SSSR count). The van der Waals surface area contributed by atoms with Crippen LogP contribution in [0, 0.1) is 0 Å². The second-order valence-electron chi connectivity index (χ2n) is 13.9. The van der Waals surface area contributed by atoms with Crippen LogP contribution in [0.1, 0.15) is 0 Å². The van der Waals surface area contributed by atoms with Gasteiger partial charge in [-0.15, -0.1) is 11.3 Å². The van der Waals surface area contributed by atoms with Gasteiger partial charge in [0.2, 0.25) is 0 Å². The zero-order valence-corrected chi connectivity index (χ0v) is 30.9. The Bertz CT molecular complexity index is 3240. The van der Waals surface area contributed by atoms with Crippen molar-refractivity contribution in [3.63, 3.8) is 0 Å². The van der Waals surface area contributed by atoms with E-state index in [2.05, 4.69) is 152 Å². The van der Waals surface area contributed by atoms with Crippen LogP contribution in [0.15, 0.2) is 192 Å². The number of hydrogen-bond acceptors (Lipinski definition) is 5. The molecule has 262 valence electrons. The third-order valence-electron chi connectivity index (χ3n) is 10.6. The molecule has 0 spiro atoms. The maximum Gasteiger partial charge on any atom is 0.164 e. The monoisotopic (exact) mass is 733 g/mol. The number of aromatic nitrogens is 3. The predicted octanol–water partition coefficient (Wildman–Crippen LogP) is 14.1. The molecule has 0 aliphatic heterocycles. The molecule has 0 aliphatic carbocycles. The average molecular weight is 734 g/mol. The Balaban J connectivity index is 1.19. The summed E-state index contributed by atoms with van der Waals surface area (Å²) in [7, 11) is 0. The molecule has 0 fully saturated rings. The summed E-state index contributed by atoms with van der Waals surface area (Å²) in [4.78, 5) is 15.6. The molecule has 0 atom stereocenters. The van der Waals surface area contributed by atoms with Gasteiger partial charge in [-0.25, -0.2) is 15.0 Å². The maximum absolute atomic E-state index is 6.35. The molecule has 0 unspecified atom stereocenters. The van der Waals surface area contributed by atoms with Gasteiger partial charge >= 0.3 is 0 Å². The number of furan rings is 1. The lowest BCUT2D eigenvalue weighted by atomic mass is 9.95. The second-order valence-corrected chi connectivity index (χ2v) is 14.9. The lowest BCUT2D eigenvalue weighted by Crippen LogP contribution is -2.00. The van der Waals surface area contributed by atoms with Gasteiger partial charge in [-0.1, -0.05) is 164 Å². The number of benzene rings is 8. The van der Waals surface area contributed by atoms with Crippen molar-refractivity contribution < 1.29 is 4.42 Å². The van der Waals surface area contributed by atoms with E-state index in [9.17, 15) is 0 Å². The van der Waals surface area contributed by atoms with Gasteiger partial charge in [0.25, 0.3) is 0 Å². The Labute approximate surface area is 327 Å². The van der Waals surface area contributed by atoms with Crippen molar-refractivity contribution in [1.82, 2.24) is 15.0 Å². The first-order valence-corrected chi connectivity index (χ1v) is 19.5. The summed E-state index contributed by atoms with van der Waals surface area (Å²) >= 11 is 1.83. The Hall–Kier alpha value is -7.21. The van der Waals surface area contributed by atoms with Gasteiger partial charge in [0, 0.05) is 53.2 Å². The molecule has 11 aromatic rings. The van der Waals surface area contributed by atoms with Crippen LogP contribution in [0.25, 0.3) is 110 Å². The highest BCUT2D eigenvalue weighted by Gasteiger charge is 2.22. The molecule has 8 aromatic carbocycles. The Morgan fingerprint density at radius 3 is 1.68 bits per heavy atom. The van der Waals surface area contributed by atoms with Crippen molar-refractivity contribution >= 4 is 53.4 Å². The average Bonchev–Trinajstić information content (AvgIpc) is 3.86. The molecule has 56 heavy (non-hydrogen) atoms. The maximum atomic E-state index is 6.35. The van der Waals surface area contributed by atoms with E-state index in [-0.39, 0.29) is 0 Å². The van der Waals surface area contributed by atoms with E-state index in [1.807, 2.05) is 47.7 Å². The van der Waals surface area contributed by atoms with E-state index in [0.29, 0.717) is 17.5 Å². The van der Waals surface area contributed by atoms with Crippen molar-refractivity contribution in [3.8, 4) is 67.5 Å². The highest BCUT2D eigenvalue weighted by atomic mass is 32.1. The SMILES string of the molecule is c1ccc(-c2cccc(-c3nc(-c4ccccc4)nc(-c4ccc(-c5ccccc5)c5sc6c(-c7cccc8oc9ccccc9c78)cccc6c45)n3)c2)cc1. The summed E-state index contributed by atoms with van der Waals surface area (Å²) in [5.41, 5.74) is 11.5. The van der Waals surface area contributed by atoms with E-state index >= 15 is 0 Å². The second kappa shape index (κ2) is 13.3. The molecule has 4 nitrogen and oxygen atoms in total. The lowest BCUT2D eigenvalue weighted by Gasteiger charge is -2.12. The van der Waals surface area contributed by atoms with Crippen molar-refractivity contribution in [2.45, 2.75) is 0 Å². The fraction of sp³-hybridized carbons (Fsp3) is 0. The number of nitrogens with zero attached hydrogens (tertiary/aromatic N) is 3. The number of hydrogen-bond donors (Lipinski definition) is 0. The zero-order chi connectivity index (χ0) is 37.0. The largest absolute Gasteiger partial charge is 0.456 e. The van der Waals surface area contributed by atoms with Crippen LogP contribution in [-0.4, -0.2) is 15.0 Å². The molecular weight excluding hydrogens is 703 g/mol. The fourth-order valence-electron chi connectivity index (χ4n) is 7.95. The molecule has 3 aromatic heterocycles. The Morgan fingerprint density at radius 1 is 0.321 bits per heavy atom. The van der Waals surface area contributed by atoms with Gasteiger partial charge in [0.05, 0.1) is 0 Å². The van der Waals surface area contributed by atoms with Crippen molar-refractivity contribution in [2.75, 3.05) is 0 Å². The molecule has 0 aliphatic rings. The van der Waals surface area contributed by atoms with Crippen LogP contribution in [0.5, 0.6) is 0 Å². The van der Waals surface area contributed by atoms with Crippen LogP contribution in [-0.2, 0) is 0 Å². The van der Waals surface area contributed by atoms with Crippen molar-refractivity contribution in [2.24, 2.45) is 0 Å². The molecule has 0 N–H and O–H groups in total. The number of thiophene rings is 1. The van der Waals surface area contributed by atoms with Gasteiger partial charge in [0.15, 0.2) is 17.5 Å². The summed E-state index contributed by atoms with van der Waals surface area (Å²) in [6.07, 6.45) is 0. The first-order chi connectivity index (χ1) is 27.8. The molecular formula is C51H31N3OS. The number of rotatable bonds is 6. The molecule has 3 heterocycles. The van der Waals surface area contributed by atoms with Crippen LogP contribution in [0.2, 0.25) is 0 Å². The fourth-order valence-corrected chi connectivity index (χ4v) is 9.34. The third kappa shape index (κ3) is 5.40. The van der Waals surface area contributed by atoms with Gasteiger partial charge in [-0.3, -0.25) is 0 Å². The molecule has 0 saturated heterocycles. The minimum absolute atomic E-state index is 0.630. The standard InChI is InChI=1S/C51H31N3OS/c1-4-15-32(16-5-1)35-21-12-22-36(31-35)50-52-49(34-19-8-3-9-20-34)53-51(54-50)42-30-29-37(33-17-6-2-7-18-33)48-46(42)41-26-13-25-39(47(41)56-48)38-24-14-28-44-45(38)40-23-10-11-27-43(40)55-44/h1-31H. The van der Waals surface area contributed by atoms with Gasteiger partial charge in [0.1, 0.15) is 11.2 Å². The number of para-hydroxylation sites is 1. The van der Waals surface area contributed by atoms with E-state index in [4.69, 9.17) is 19.4 Å². The summed E-state index contributed by atoms with van der Waals surface area (Å²) in [6.45, 7) is 0. The van der Waals surface area contributed by atoms with E-state index in [1.165, 1.54) is 26.1 Å². The minimum Gasteiger partial charge on any atom is -0.456 e. The Kier molecular flexibility index (Phi) is 7.64. The summed E-state index contributed by atoms with van der Waals surface area (Å²) in [5.74, 6) is 1.90. The highest BCUT2D eigenvalue weighted by Crippen LogP contribution is 2.49. The van der Waals surface area contributed by atoms with Gasteiger partial charge < -0.3 is 4.42 Å². The quantitative estimate of drug-likeness (QED) is 0.171. The van der Waals surface area contributed by atoms with Gasteiger partial charge in [-0.2, -0.15) is 0 Å². The zero-order valence-electron chi connectivity index (χ0n) is 30.1. The van der Waals surface area contributed by atoms with E-state index in [0.717, 1.165) is 66.1 Å². The van der Waals surface area contributed by atoms with Crippen LogP contribution in [0.4, 0.5) is 0 Å². The summed E-state index contributed by atoms with van der Waals surface area (Å²) < 4.78 is 8.74. The molecule has 0 amide bonds. The third-order valence-corrected chi connectivity index (χ3v) is 11.8. The van der Waals surface area contributed by atoms with Crippen molar-refractivity contribution in [1.29, 1.82) is 0 Å². The lowest BCUT2D eigenvalue weighted by molar-refractivity contribution is 0.669. The molecule has 0 saturated carbocycles. The first kappa shape index (κ1) is 32.2. The first-order valence-electron chi connectivity index (χ1n) is 18.7. The molecule has 0 radical (unpaired) electrons. The van der Waals surface area contributed by atoms with Crippen LogP contribution < -0.4 is 0 Å². The predicted molar refractivity (Wildman–Crippen MR) is 233 cm³/mol. The van der Waals surface area contributed by atoms with Crippen molar-refractivity contribution in [3.05, 3.63) is 188 Å². The molecule has 0 bridgehead atoms. The van der Waals surface area contributed by atoms with Crippen LogP contribution >= 0.6 is 11.3 Å². The topological polar surface area (TPSA) is 51.8 Å².